The Labute approximate surface area is 239 Å². The molecule has 4 aromatic rings. The van der Waals surface area contributed by atoms with Crippen LogP contribution in [0.3, 0.4) is 0 Å². The average molecular weight is 552 g/mol. The third kappa shape index (κ3) is 5.32. The van der Waals surface area contributed by atoms with Crippen LogP contribution in [0.1, 0.15) is 41.1 Å². The fourth-order valence-corrected chi connectivity index (χ4v) is 6.25. The van der Waals surface area contributed by atoms with E-state index >= 15 is 0 Å². The number of piperazine rings is 1. The first-order valence-corrected chi connectivity index (χ1v) is 14.1. The van der Waals surface area contributed by atoms with Gasteiger partial charge in [-0.1, -0.05) is 72.8 Å². The smallest absolute Gasteiger partial charge is 0.410 e. The van der Waals surface area contributed by atoms with E-state index in [2.05, 4.69) is 63.4 Å². The third-order valence-electron chi connectivity index (χ3n) is 8.04. The fraction of sp³-hybridized carbons (Fsp3) is 0.312. The Bertz CT molecular complexity index is 1570. The van der Waals surface area contributed by atoms with Crippen molar-refractivity contribution in [2.24, 2.45) is 0 Å². The van der Waals surface area contributed by atoms with Crippen LogP contribution < -0.4 is 4.90 Å². The highest BCUT2D eigenvalue weighted by Gasteiger charge is 2.35. The molecule has 1 aliphatic carbocycles. The van der Waals surface area contributed by atoms with E-state index in [1.165, 1.54) is 16.3 Å². The maximum atomic E-state index is 13.0. The fourth-order valence-electron chi connectivity index (χ4n) is 6.07. The van der Waals surface area contributed by atoms with Crippen LogP contribution in [-0.2, 0) is 24.2 Å². The first-order chi connectivity index (χ1) is 19.6. The Kier molecular flexibility index (Phi) is 7.52. The molecule has 1 aromatic heterocycles. The van der Waals surface area contributed by atoms with Crippen LogP contribution in [0.2, 0.25) is 5.28 Å². The van der Waals surface area contributed by atoms with Crippen molar-refractivity contribution in [2.45, 2.75) is 44.2 Å². The Morgan fingerprint density at radius 2 is 1.82 bits per heavy atom. The van der Waals surface area contributed by atoms with Gasteiger partial charge in [0.2, 0.25) is 5.28 Å². The molecule has 2 unspecified atom stereocenters. The van der Waals surface area contributed by atoms with Gasteiger partial charge in [-0.15, -0.1) is 0 Å². The Hall–Kier alpha value is -4.15. The lowest BCUT2D eigenvalue weighted by atomic mass is 9.80. The summed E-state index contributed by atoms with van der Waals surface area (Å²) in [5.74, 6) is 1.17. The molecule has 1 aliphatic heterocycles. The molecule has 2 heterocycles. The number of ether oxygens (including phenoxy) is 1. The normalized spacial score (nSPS) is 18.7. The Balaban J connectivity index is 1.20. The van der Waals surface area contributed by atoms with E-state index in [1.54, 1.807) is 4.90 Å². The highest BCUT2D eigenvalue weighted by Crippen LogP contribution is 2.39. The lowest BCUT2D eigenvalue weighted by Crippen LogP contribution is -2.55. The number of aromatic nitrogens is 2. The van der Waals surface area contributed by atoms with Crippen molar-refractivity contribution in [2.75, 3.05) is 24.5 Å². The van der Waals surface area contributed by atoms with Crippen molar-refractivity contribution in [1.82, 2.24) is 14.9 Å². The standard InChI is InChI=1S/C32H30ClN5O2/c33-31-35-29-19-24(27-12-6-10-23-9-4-5-11-26(23)27)13-14-28(29)30(36-31)37-17-18-38(25(20-37)15-16-34)32(39)40-21-22-7-2-1-3-8-22/h1-12,24-25H,13-15,17-21H2. The zero-order chi connectivity index (χ0) is 27.5. The number of amides is 1. The van der Waals surface area contributed by atoms with Gasteiger partial charge < -0.3 is 14.5 Å². The molecule has 0 saturated carbocycles. The van der Waals surface area contributed by atoms with E-state index < -0.39 is 6.09 Å². The molecular weight excluding hydrogens is 522 g/mol. The summed E-state index contributed by atoms with van der Waals surface area (Å²) < 4.78 is 5.59. The SMILES string of the molecule is N#CCC1CN(c2nc(Cl)nc3c2CCC(c2cccc4ccccc24)C3)CCN1C(=O)OCc1ccccc1. The highest BCUT2D eigenvalue weighted by molar-refractivity contribution is 6.28. The van der Waals surface area contributed by atoms with Crippen molar-refractivity contribution < 1.29 is 9.53 Å². The monoisotopic (exact) mass is 551 g/mol. The number of halogens is 1. The van der Waals surface area contributed by atoms with Crippen LogP contribution in [0.4, 0.5) is 10.6 Å². The molecule has 2 atom stereocenters. The van der Waals surface area contributed by atoms with Crippen LogP contribution in [0.15, 0.2) is 72.8 Å². The van der Waals surface area contributed by atoms with Crippen LogP contribution in [0, 0.1) is 11.3 Å². The van der Waals surface area contributed by atoms with Crippen molar-refractivity contribution in [3.63, 3.8) is 0 Å². The van der Waals surface area contributed by atoms with Gasteiger partial charge in [-0.05, 0) is 58.7 Å². The van der Waals surface area contributed by atoms with Gasteiger partial charge in [0.25, 0.3) is 0 Å². The molecule has 8 heteroatoms. The van der Waals surface area contributed by atoms with Gasteiger partial charge in [0.05, 0.1) is 24.2 Å². The summed E-state index contributed by atoms with van der Waals surface area (Å²) in [6, 6.07) is 26.6. The molecule has 0 radical (unpaired) electrons. The van der Waals surface area contributed by atoms with Crippen LogP contribution >= 0.6 is 11.6 Å². The first-order valence-electron chi connectivity index (χ1n) is 13.7. The molecule has 1 amide bonds. The third-order valence-corrected chi connectivity index (χ3v) is 8.21. The van der Waals surface area contributed by atoms with Crippen molar-refractivity contribution >= 4 is 34.3 Å². The maximum absolute atomic E-state index is 13.0. The van der Waals surface area contributed by atoms with Crippen molar-refractivity contribution in [3.05, 3.63) is 100 Å². The van der Waals surface area contributed by atoms with E-state index in [0.717, 1.165) is 41.9 Å². The Morgan fingerprint density at radius 1 is 1.02 bits per heavy atom. The molecule has 1 fully saturated rings. The van der Waals surface area contributed by atoms with Crippen molar-refractivity contribution in [3.8, 4) is 6.07 Å². The van der Waals surface area contributed by atoms with E-state index in [1.807, 2.05) is 30.3 Å². The van der Waals surface area contributed by atoms with Gasteiger partial charge in [0.1, 0.15) is 12.4 Å². The topological polar surface area (TPSA) is 82.4 Å². The minimum atomic E-state index is -0.399. The molecule has 0 spiro atoms. The van der Waals surface area contributed by atoms with Gasteiger partial charge in [-0.25, -0.2) is 14.8 Å². The summed E-state index contributed by atoms with van der Waals surface area (Å²) in [6.45, 7) is 1.70. The second-order valence-electron chi connectivity index (χ2n) is 10.4. The molecule has 202 valence electrons. The van der Waals surface area contributed by atoms with Crippen LogP contribution in [0.5, 0.6) is 0 Å². The van der Waals surface area contributed by atoms with Gasteiger partial charge in [0, 0.05) is 25.2 Å². The number of nitriles is 1. The molecule has 1 saturated heterocycles. The number of hydrogen-bond acceptors (Lipinski definition) is 6. The van der Waals surface area contributed by atoms with Gasteiger partial charge in [0.15, 0.2) is 0 Å². The number of rotatable bonds is 5. The predicted molar refractivity (Wildman–Crippen MR) is 155 cm³/mol. The molecule has 6 rings (SSSR count). The lowest BCUT2D eigenvalue weighted by Gasteiger charge is -2.41. The average Bonchev–Trinajstić information content (AvgIpc) is 2.99. The molecule has 7 nitrogen and oxygen atoms in total. The summed E-state index contributed by atoms with van der Waals surface area (Å²) in [4.78, 5) is 26.1. The van der Waals surface area contributed by atoms with Gasteiger partial charge >= 0.3 is 6.09 Å². The van der Waals surface area contributed by atoms with E-state index in [4.69, 9.17) is 16.3 Å². The number of carbonyl (C=O) groups is 1. The van der Waals surface area contributed by atoms with Gasteiger partial charge in [-0.2, -0.15) is 5.26 Å². The van der Waals surface area contributed by atoms with E-state index in [0.29, 0.717) is 25.6 Å². The summed E-state index contributed by atoms with van der Waals surface area (Å²) >= 11 is 6.48. The van der Waals surface area contributed by atoms with Crippen LogP contribution in [0.25, 0.3) is 10.8 Å². The minimum Gasteiger partial charge on any atom is -0.445 e. The molecule has 0 bridgehead atoms. The zero-order valence-corrected chi connectivity index (χ0v) is 22.9. The Morgan fingerprint density at radius 3 is 2.67 bits per heavy atom. The van der Waals surface area contributed by atoms with Crippen LogP contribution in [-0.4, -0.2) is 46.6 Å². The van der Waals surface area contributed by atoms with E-state index in [9.17, 15) is 10.1 Å². The molecule has 2 aliphatic rings. The summed E-state index contributed by atoms with van der Waals surface area (Å²) in [5.41, 5.74) is 4.38. The molecule has 3 aromatic carbocycles. The maximum Gasteiger partial charge on any atom is 0.410 e. The zero-order valence-electron chi connectivity index (χ0n) is 22.2. The number of hydrogen-bond donors (Lipinski definition) is 0. The summed E-state index contributed by atoms with van der Waals surface area (Å²) in [5, 5.41) is 12.3. The number of nitrogens with zero attached hydrogens (tertiary/aromatic N) is 5. The minimum absolute atomic E-state index is 0.200. The summed E-state index contributed by atoms with van der Waals surface area (Å²) in [6.07, 6.45) is 2.45. The number of benzene rings is 3. The molecule has 40 heavy (non-hydrogen) atoms. The second-order valence-corrected chi connectivity index (χ2v) is 10.8. The summed E-state index contributed by atoms with van der Waals surface area (Å²) in [7, 11) is 0. The number of anilines is 1. The van der Waals surface area contributed by atoms with E-state index in [-0.39, 0.29) is 24.4 Å². The largest absolute Gasteiger partial charge is 0.445 e. The molecular formula is C32H30ClN5O2. The second kappa shape index (κ2) is 11.5. The number of fused-ring (bicyclic) bond motifs is 2. The number of carbonyl (C=O) groups excluding carboxylic acids is 1. The first kappa shape index (κ1) is 26.1. The molecule has 0 N–H and O–H groups in total. The quantitative estimate of drug-likeness (QED) is 0.271. The highest BCUT2D eigenvalue weighted by atomic mass is 35.5. The van der Waals surface area contributed by atoms with Crippen molar-refractivity contribution in [1.29, 1.82) is 5.26 Å². The predicted octanol–water partition coefficient (Wildman–Crippen LogP) is 6.30. The van der Waals surface area contributed by atoms with Gasteiger partial charge in [-0.3, -0.25) is 0 Å². The lowest BCUT2D eigenvalue weighted by molar-refractivity contribution is 0.0768.